The maximum atomic E-state index is 12.1. The molecule has 2 N–H and O–H groups in total. The van der Waals surface area contributed by atoms with Crippen molar-refractivity contribution >= 4 is 44.4 Å². The summed E-state index contributed by atoms with van der Waals surface area (Å²) in [5.74, 6) is 0.709. The molecule has 4 aromatic rings. The topological polar surface area (TPSA) is 141 Å². The molecule has 0 radical (unpaired) electrons. The summed E-state index contributed by atoms with van der Waals surface area (Å²) in [5.41, 5.74) is 4.87. The van der Waals surface area contributed by atoms with Crippen molar-refractivity contribution < 1.29 is 22.8 Å². The van der Waals surface area contributed by atoms with Crippen LogP contribution in [0.5, 0.6) is 11.5 Å². The molecule has 1 fully saturated rings. The normalized spacial score (nSPS) is 16.6. The van der Waals surface area contributed by atoms with Crippen LogP contribution in [-0.4, -0.2) is 48.5 Å². The molecule has 2 aromatic carbocycles. The molecule has 0 unspecified atom stereocenters. The number of hydrogen-bond donors (Lipinski definition) is 2. The van der Waals surface area contributed by atoms with Crippen LogP contribution in [-0.2, 0) is 10.0 Å². The molecule has 0 spiro atoms. The zero-order chi connectivity index (χ0) is 31.1. The van der Waals surface area contributed by atoms with Gasteiger partial charge in [-0.15, -0.1) is 0 Å². The Labute approximate surface area is 254 Å². The zero-order valence-corrected chi connectivity index (χ0v) is 25.7. The lowest BCUT2D eigenvalue weighted by Crippen LogP contribution is -2.29. The minimum absolute atomic E-state index is 0.0759. The number of ether oxygens (including phenoxy) is 2. The first-order valence-corrected chi connectivity index (χ1v) is 15.4. The fourth-order valence-corrected chi connectivity index (χ4v) is 6.40. The van der Waals surface area contributed by atoms with Gasteiger partial charge in [0.25, 0.3) is 5.69 Å². The Hall–Kier alpha value is -4.69. The highest BCUT2D eigenvalue weighted by Crippen LogP contribution is 2.45. The number of nitro benzene ring substituents is 1. The third-order valence-electron chi connectivity index (χ3n) is 7.26. The van der Waals surface area contributed by atoms with Crippen LogP contribution in [0.3, 0.4) is 0 Å². The molecule has 3 heterocycles. The SMILES string of the molecule is COc1ccc(N2C(=S)N[C@@H](c3ccccn3)[C@@H]2c2cc(C)n(-c3ccc([N+](=O)[O-])cc3OC)c2C)cc1NS(C)(=O)=O. The average Bonchev–Trinajstić information content (AvgIpc) is 3.46. The Balaban J connectivity index is 1.70. The van der Waals surface area contributed by atoms with E-state index in [1.807, 2.05) is 53.6 Å². The van der Waals surface area contributed by atoms with Gasteiger partial charge >= 0.3 is 0 Å². The van der Waals surface area contributed by atoms with E-state index in [9.17, 15) is 18.5 Å². The third kappa shape index (κ3) is 5.70. The summed E-state index contributed by atoms with van der Waals surface area (Å²) in [7, 11) is -0.664. The van der Waals surface area contributed by atoms with Gasteiger partial charge in [0, 0.05) is 29.3 Å². The van der Waals surface area contributed by atoms with Gasteiger partial charge in [-0.1, -0.05) is 6.07 Å². The van der Waals surface area contributed by atoms with E-state index in [-0.39, 0.29) is 17.4 Å². The van der Waals surface area contributed by atoms with Gasteiger partial charge in [0.15, 0.2) is 5.11 Å². The Bertz CT molecular complexity index is 1830. The van der Waals surface area contributed by atoms with Crippen molar-refractivity contribution in [3.63, 3.8) is 0 Å². The number of aromatic nitrogens is 2. The number of nitrogens with zero attached hydrogens (tertiary/aromatic N) is 4. The Morgan fingerprint density at radius 3 is 2.42 bits per heavy atom. The minimum Gasteiger partial charge on any atom is -0.495 e. The lowest BCUT2D eigenvalue weighted by Gasteiger charge is -2.29. The van der Waals surface area contributed by atoms with Crippen LogP contribution in [0.25, 0.3) is 5.69 Å². The van der Waals surface area contributed by atoms with Crippen LogP contribution < -0.4 is 24.4 Å². The lowest BCUT2D eigenvalue weighted by atomic mass is 9.96. The second-order valence-corrected chi connectivity index (χ2v) is 12.2. The average molecular weight is 623 g/mol. The van der Waals surface area contributed by atoms with Crippen molar-refractivity contribution in [1.82, 2.24) is 14.9 Å². The lowest BCUT2D eigenvalue weighted by molar-refractivity contribution is -0.384. The highest BCUT2D eigenvalue weighted by molar-refractivity contribution is 7.92. The molecule has 2 atom stereocenters. The van der Waals surface area contributed by atoms with Crippen LogP contribution >= 0.6 is 12.2 Å². The maximum absolute atomic E-state index is 12.1. The molecule has 2 aromatic heterocycles. The molecule has 0 aliphatic carbocycles. The molecule has 1 aliphatic rings. The molecule has 14 heteroatoms. The summed E-state index contributed by atoms with van der Waals surface area (Å²) >= 11 is 5.87. The largest absolute Gasteiger partial charge is 0.495 e. The first-order valence-electron chi connectivity index (χ1n) is 13.1. The van der Waals surface area contributed by atoms with Crippen LogP contribution in [0.1, 0.15) is 34.7 Å². The molecule has 43 heavy (non-hydrogen) atoms. The molecule has 224 valence electrons. The van der Waals surface area contributed by atoms with Gasteiger partial charge in [0.1, 0.15) is 11.5 Å². The minimum atomic E-state index is -3.60. The number of pyridine rings is 1. The number of nitro groups is 1. The molecule has 0 saturated carbocycles. The molecular weight excluding hydrogens is 592 g/mol. The fourth-order valence-electron chi connectivity index (χ4n) is 5.50. The van der Waals surface area contributed by atoms with Crippen molar-refractivity contribution in [3.8, 4) is 17.2 Å². The van der Waals surface area contributed by atoms with Gasteiger partial charge in [-0.05, 0) is 74.1 Å². The molecular formula is C29H30N6O6S2. The van der Waals surface area contributed by atoms with Gasteiger partial charge in [-0.2, -0.15) is 0 Å². The van der Waals surface area contributed by atoms with Gasteiger partial charge in [0.2, 0.25) is 10.0 Å². The van der Waals surface area contributed by atoms with E-state index in [2.05, 4.69) is 15.0 Å². The van der Waals surface area contributed by atoms with Gasteiger partial charge in [-0.25, -0.2) is 8.42 Å². The predicted octanol–water partition coefficient (Wildman–Crippen LogP) is 4.96. The Morgan fingerprint density at radius 2 is 1.79 bits per heavy atom. The van der Waals surface area contributed by atoms with E-state index < -0.39 is 21.0 Å². The quantitative estimate of drug-likeness (QED) is 0.149. The zero-order valence-electron chi connectivity index (χ0n) is 24.1. The standard InChI is InChI=1S/C29H30N6O6S2/c1-17-14-21(18(2)33(17)24-11-9-20(35(36)37)16-26(24)41-4)28-27(22-8-6-7-13-30-22)31-29(42)34(28)19-10-12-25(40-3)23(15-19)32-43(5,38)39/h6-16,27-28,32H,1-5H3,(H,31,42)/t27-,28-/m0/s1. The van der Waals surface area contributed by atoms with E-state index in [1.54, 1.807) is 24.4 Å². The summed E-state index contributed by atoms with van der Waals surface area (Å²) in [6.07, 6.45) is 2.79. The first-order chi connectivity index (χ1) is 20.4. The summed E-state index contributed by atoms with van der Waals surface area (Å²) in [6.45, 7) is 3.91. The van der Waals surface area contributed by atoms with E-state index in [4.69, 9.17) is 21.7 Å². The number of hydrogen-bond acceptors (Lipinski definition) is 8. The van der Waals surface area contributed by atoms with Crippen LogP contribution in [0, 0.1) is 24.0 Å². The van der Waals surface area contributed by atoms with E-state index in [1.165, 1.54) is 26.4 Å². The van der Waals surface area contributed by atoms with Crippen molar-refractivity contribution in [1.29, 1.82) is 0 Å². The molecule has 5 rings (SSSR count). The summed E-state index contributed by atoms with van der Waals surface area (Å²) in [6, 6.07) is 16.6. The second-order valence-electron chi connectivity index (χ2n) is 10.0. The van der Waals surface area contributed by atoms with Crippen molar-refractivity contribution in [2.75, 3.05) is 30.1 Å². The number of anilines is 2. The number of sulfonamides is 1. The Kier molecular flexibility index (Phi) is 7.99. The van der Waals surface area contributed by atoms with Crippen molar-refractivity contribution in [2.45, 2.75) is 25.9 Å². The van der Waals surface area contributed by atoms with Gasteiger partial charge < -0.3 is 24.3 Å². The second kappa shape index (κ2) is 11.5. The smallest absolute Gasteiger partial charge is 0.273 e. The molecule has 12 nitrogen and oxygen atoms in total. The Morgan fingerprint density at radius 1 is 1.05 bits per heavy atom. The third-order valence-corrected chi connectivity index (χ3v) is 8.16. The summed E-state index contributed by atoms with van der Waals surface area (Å²) < 4.78 is 39.8. The van der Waals surface area contributed by atoms with Crippen LogP contribution in [0.2, 0.25) is 0 Å². The number of aryl methyl sites for hydroxylation is 1. The van der Waals surface area contributed by atoms with Crippen molar-refractivity contribution in [2.24, 2.45) is 0 Å². The predicted molar refractivity (Wildman–Crippen MR) is 168 cm³/mol. The monoisotopic (exact) mass is 622 g/mol. The van der Waals surface area contributed by atoms with E-state index in [0.29, 0.717) is 28.0 Å². The number of rotatable bonds is 9. The fraction of sp³-hybridized carbons (Fsp3) is 0.241. The van der Waals surface area contributed by atoms with E-state index >= 15 is 0 Å². The number of benzene rings is 2. The highest BCUT2D eigenvalue weighted by atomic mass is 32.2. The molecule has 0 amide bonds. The number of methoxy groups -OCH3 is 2. The number of thiocarbonyl (C=S) groups is 1. The number of non-ortho nitro benzene ring substituents is 1. The number of nitrogens with one attached hydrogen (secondary N) is 2. The van der Waals surface area contributed by atoms with Crippen LogP contribution in [0.4, 0.5) is 17.1 Å². The molecule has 1 saturated heterocycles. The maximum Gasteiger partial charge on any atom is 0.273 e. The highest BCUT2D eigenvalue weighted by Gasteiger charge is 2.42. The van der Waals surface area contributed by atoms with Crippen molar-refractivity contribution in [3.05, 3.63) is 99.6 Å². The summed E-state index contributed by atoms with van der Waals surface area (Å²) in [5, 5.41) is 15.3. The van der Waals surface area contributed by atoms with Gasteiger partial charge in [-0.3, -0.25) is 19.8 Å². The first kappa shape index (κ1) is 29.8. The van der Waals surface area contributed by atoms with E-state index in [0.717, 1.165) is 28.9 Å². The molecule has 0 bridgehead atoms. The molecule has 1 aliphatic heterocycles. The van der Waals surface area contributed by atoms with Gasteiger partial charge in [0.05, 0.1) is 60.6 Å². The van der Waals surface area contributed by atoms with Crippen LogP contribution in [0.15, 0.2) is 66.9 Å². The summed E-state index contributed by atoms with van der Waals surface area (Å²) in [4.78, 5) is 17.5.